The summed E-state index contributed by atoms with van der Waals surface area (Å²) in [6, 6.07) is 12.9. The zero-order chi connectivity index (χ0) is 19.2. The van der Waals surface area contributed by atoms with Gasteiger partial charge in [0.25, 0.3) is 0 Å². The molecule has 0 amide bonds. The van der Waals surface area contributed by atoms with Crippen molar-refractivity contribution in [2.45, 2.75) is 44.9 Å². The van der Waals surface area contributed by atoms with Crippen molar-refractivity contribution >= 4 is 17.3 Å². The Kier molecular flexibility index (Phi) is 6.86. The first-order valence-electron chi connectivity index (χ1n) is 10.3. The maximum atomic E-state index is 6.51. The second-order valence-electron chi connectivity index (χ2n) is 7.60. The van der Waals surface area contributed by atoms with Crippen LogP contribution in [0.5, 0.6) is 0 Å². The summed E-state index contributed by atoms with van der Waals surface area (Å²) >= 11 is 6.51. The third kappa shape index (κ3) is 5.06. The highest BCUT2D eigenvalue weighted by Crippen LogP contribution is 2.31. The Morgan fingerprint density at radius 1 is 1.00 bits per heavy atom. The lowest BCUT2D eigenvalue weighted by atomic mass is 10.0. The van der Waals surface area contributed by atoms with Crippen molar-refractivity contribution in [1.82, 2.24) is 5.32 Å². The Morgan fingerprint density at radius 2 is 1.75 bits per heavy atom. The Morgan fingerprint density at radius 3 is 2.57 bits per heavy atom. The van der Waals surface area contributed by atoms with Crippen molar-refractivity contribution in [2.24, 2.45) is 0 Å². The summed E-state index contributed by atoms with van der Waals surface area (Å²) in [7, 11) is 0. The molecule has 0 aliphatic carbocycles. The first-order chi connectivity index (χ1) is 13.8. The first-order valence-corrected chi connectivity index (χ1v) is 10.7. The van der Waals surface area contributed by atoms with Crippen molar-refractivity contribution in [2.75, 3.05) is 31.6 Å². The average molecular weight is 401 g/mol. The summed E-state index contributed by atoms with van der Waals surface area (Å²) in [5.74, 6) is 0. The maximum Gasteiger partial charge on any atom is 0.0720 e. The van der Waals surface area contributed by atoms with Crippen molar-refractivity contribution in [3.63, 3.8) is 0 Å². The smallest absolute Gasteiger partial charge is 0.0720 e. The third-order valence-electron chi connectivity index (χ3n) is 5.63. The number of anilines is 1. The lowest BCUT2D eigenvalue weighted by molar-refractivity contribution is -0.0390. The number of fused-ring (bicyclic) bond motifs is 1. The predicted octanol–water partition coefficient (Wildman–Crippen LogP) is 4.34. The number of halogens is 1. The predicted molar refractivity (Wildman–Crippen MR) is 114 cm³/mol. The minimum atomic E-state index is 0.333. The van der Waals surface area contributed by atoms with Crippen LogP contribution in [-0.2, 0) is 35.5 Å². The van der Waals surface area contributed by atoms with Gasteiger partial charge in [-0.15, -0.1) is 0 Å². The third-order valence-corrected chi connectivity index (χ3v) is 5.94. The van der Waals surface area contributed by atoms with Crippen LogP contribution in [0.2, 0.25) is 5.02 Å². The van der Waals surface area contributed by atoms with Gasteiger partial charge in [0.1, 0.15) is 0 Å². The molecule has 4 nitrogen and oxygen atoms in total. The fourth-order valence-corrected chi connectivity index (χ4v) is 4.18. The molecule has 4 rings (SSSR count). The average Bonchev–Trinajstić information content (AvgIpc) is 2.99. The van der Waals surface area contributed by atoms with Crippen molar-refractivity contribution in [1.29, 1.82) is 0 Å². The van der Waals surface area contributed by atoms with Gasteiger partial charge in [-0.25, -0.2) is 0 Å². The largest absolute Gasteiger partial charge is 0.381 e. The molecule has 150 valence electrons. The van der Waals surface area contributed by atoms with Gasteiger partial charge < -0.3 is 20.1 Å². The molecule has 0 saturated carbocycles. The molecule has 0 aromatic heterocycles. The molecule has 1 saturated heterocycles. The number of benzene rings is 2. The lowest BCUT2D eigenvalue weighted by Crippen LogP contribution is -2.23. The van der Waals surface area contributed by atoms with Crippen molar-refractivity contribution in [3.8, 4) is 0 Å². The molecule has 2 N–H and O–H groups in total. The molecule has 0 spiro atoms. The molecule has 2 aliphatic heterocycles. The molecule has 0 atom stereocenters. The van der Waals surface area contributed by atoms with Gasteiger partial charge in [0, 0.05) is 19.8 Å². The Labute approximate surface area is 172 Å². The minimum Gasteiger partial charge on any atom is -0.381 e. The summed E-state index contributed by atoms with van der Waals surface area (Å²) in [5, 5.41) is 7.86. The van der Waals surface area contributed by atoms with E-state index in [1.165, 1.54) is 22.3 Å². The van der Waals surface area contributed by atoms with Crippen molar-refractivity contribution in [3.05, 3.63) is 63.7 Å². The summed E-state index contributed by atoms with van der Waals surface area (Å²) < 4.78 is 11.4. The van der Waals surface area contributed by atoms with Crippen molar-refractivity contribution < 1.29 is 9.47 Å². The second kappa shape index (κ2) is 9.75. The molecule has 0 radical (unpaired) electrons. The highest BCUT2D eigenvalue weighted by atomic mass is 35.5. The van der Waals surface area contributed by atoms with E-state index in [1.54, 1.807) is 0 Å². The van der Waals surface area contributed by atoms with Crippen LogP contribution in [0.1, 0.15) is 35.1 Å². The molecule has 2 aliphatic rings. The first kappa shape index (κ1) is 19.7. The van der Waals surface area contributed by atoms with E-state index < -0.39 is 0 Å². The van der Waals surface area contributed by atoms with E-state index in [1.807, 2.05) is 6.07 Å². The molecular weight excluding hydrogens is 372 g/mol. The van der Waals surface area contributed by atoms with Crippen LogP contribution in [-0.4, -0.2) is 32.4 Å². The fourth-order valence-electron chi connectivity index (χ4n) is 3.94. The van der Waals surface area contributed by atoms with E-state index in [2.05, 4.69) is 41.0 Å². The quantitative estimate of drug-likeness (QED) is 0.757. The van der Waals surface area contributed by atoms with Crippen LogP contribution < -0.4 is 10.6 Å². The van der Waals surface area contributed by atoms with Gasteiger partial charge in [-0.1, -0.05) is 41.9 Å². The Balaban J connectivity index is 1.35. The Bertz CT molecular complexity index is 773. The summed E-state index contributed by atoms with van der Waals surface area (Å²) in [5.41, 5.74) is 6.31. The number of rotatable bonds is 6. The number of hydrogen-bond donors (Lipinski definition) is 2. The second-order valence-corrected chi connectivity index (χ2v) is 8.01. The molecule has 2 aromatic carbocycles. The van der Waals surface area contributed by atoms with Crippen LogP contribution in [0.3, 0.4) is 0 Å². The van der Waals surface area contributed by atoms with Gasteiger partial charge in [-0.3, -0.25) is 0 Å². The highest BCUT2D eigenvalue weighted by molar-refractivity contribution is 6.33. The van der Waals surface area contributed by atoms with E-state index in [4.69, 9.17) is 21.1 Å². The van der Waals surface area contributed by atoms with Crippen LogP contribution in [0.25, 0.3) is 0 Å². The van der Waals surface area contributed by atoms with Crippen LogP contribution in [0, 0.1) is 0 Å². The monoisotopic (exact) mass is 400 g/mol. The number of nitrogens with one attached hydrogen (secondary N) is 2. The molecular formula is C23H29ClN2O2. The van der Waals surface area contributed by atoms with E-state index in [0.717, 1.165) is 69.2 Å². The van der Waals surface area contributed by atoms with Gasteiger partial charge in [0.2, 0.25) is 0 Å². The highest BCUT2D eigenvalue weighted by Gasteiger charge is 2.15. The zero-order valence-electron chi connectivity index (χ0n) is 16.3. The normalized spacial score (nSPS) is 17.8. The summed E-state index contributed by atoms with van der Waals surface area (Å²) in [4.78, 5) is 0. The summed E-state index contributed by atoms with van der Waals surface area (Å²) in [6.45, 7) is 5.11. The number of ether oxygens (including phenoxy) is 2. The maximum absolute atomic E-state index is 6.51. The molecule has 5 heteroatoms. The molecule has 0 bridgehead atoms. The topological polar surface area (TPSA) is 42.5 Å². The van der Waals surface area contributed by atoms with Gasteiger partial charge >= 0.3 is 0 Å². The van der Waals surface area contributed by atoms with E-state index in [-0.39, 0.29) is 0 Å². The SMILES string of the molecule is Clc1ccc2c(c1NCc1ccc(COC3CCOCC3)cc1)CCNCC2. The van der Waals surface area contributed by atoms with E-state index in [9.17, 15) is 0 Å². The number of hydrogen-bond acceptors (Lipinski definition) is 4. The molecule has 2 aromatic rings. The van der Waals surface area contributed by atoms with Crippen LogP contribution in [0.4, 0.5) is 5.69 Å². The van der Waals surface area contributed by atoms with Crippen LogP contribution in [0.15, 0.2) is 36.4 Å². The standard InChI is InChI=1S/C23H29ClN2O2/c24-22-6-5-19-7-11-25-12-8-21(19)23(22)26-15-17-1-3-18(4-2-17)16-28-20-9-13-27-14-10-20/h1-6,20,25-26H,7-16H2. The van der Waals surface area contributed by atoms with Gasteiger partial charge in [0.05, 0.1) is 23.4 Å². The molecule has 1 fully saturated rings. The summed E-state index contributed by atoms with van der Waals surface area (Å²) in [6.07, 6.45) is 4.41. The van der Waals surface area contributed by atoms with E-state index >= 15 is 0 Å². The van der Waals surface area contributed by atoms with E-state index in [0.29, 0.717) is 12.7 Å². The van der Waals surface area contributed by atoms with Crippen LogP contribution >= 0.6 is 11.6 Å². The van der Waals surface area contributed by atoms with Gasteiger partial charge in [-0.05, 0) is 67.1 Å². The Hall–Kier alpha value is -1.59. The van der Waals surface area contributed by atoms with Gasteiger partial charge in [0.15, 0.2) is 0 Å². The molecule has 28 heavy (non-hydrogen) atoms. The minimum absolute atomic E-state index is 0.333. The molecule has 2 heterocycles. The van der Waals surface area contributed by atoms with Gasteiger partial charge in [-0.2, -0.15) is 0 Å². The molecule has 0 unspecified atom stereocenters. The zero-order valence-corrected chi connectivity index (χ0v) is 17.1. The fraction of sp³-hybridized carbons (Fsp3) is 0.478. The lowest BCUT2D eigenvalue weighted by Gasteiger charge is -2.22.